The highest BCUT2D eigenvalue weighted by Crippen LogP contribution is 2.26. The van der Waals surface area contributed by atoms with Gasteiger partial charge < -0.3 is 8.98 Å². The fourth-order valence-electron chi connectivity index (χ4n) is 3.36. The average Bonchev–Trinajstić information content (AvgIpc) is 3.39. The van der Waals surface area contributed by atoms with Crippen LogP contribution in [0.25, 0.3) is 46.0 Å². The van der Waals surface area contributed by atoms with Gasteiger partial charge in [0.15, 0.2) is 5.76 Å². The number of nitrogens with zero attached hydrogens (tertiary/aromatic N) is 3. The summed E-state index contributed by atoms with van der Waals surface area (Å²) in [6.07, 6.45) is 5.87. The number of rotatable bonds is 4. The first-order chi connectivity index (χ1) is 14.3. The fraction of sp³-hybridized carbons (Fsp3) is 0.0400. The minimum atomic E-state index is 0.620. The summed E-state index contributed by atoms with van der Waals surface area (Å²) in [7, 11) is 2.03. The van der Waals surface area contributed by atoms with Crippen LogP contribution in [0.5, 0.6) is 0 Å². The Labute approximate surface area is 168 Å². The molecular weight excluding hydrogens is 358 g/mol. The molecule has 0 amide bonds. The average molecular weight is 377 g/mol. The number of fused-ring (bicyclic) bond motifs is 1. The van der Waals surface area contributed by atoms with Crippen LogP contribution in [0.1, 0.15) is 11.4 Å². The van der Waals surface area contributed by atoms with Crippen molar-refractivity contribution in [1.82, 2.24) is 14.5 Å². The number of imidazole rings is 1. The summed E-state index contributed by atoms with van der Waals surface area (Å²) in [5.41, 5.74) is 5.19. The summed E-state index contributed by atoms with van der Waals surface area (Å²) in [6.45, 7) is 0. The number of benzene rings is 3. The molecule has 0 spiro atoms. The zero-order valence-corrected chi connectivity index (χ0v) is 16.0. The van der Waals surface area contributed by atoms with Gasteiger partial charge in [-0.1, -0.05) is 60.7 Å². The van der Waals surface area contributed by atoms with Gasteiger partial charge in [-0.25, -0.2) is 9.97 Å². The Balaban J connectivity index is 1.37. The zero-order chi connectivity index (χ0) is 19.6. The molecule has 0 aliphatic carbocycles. The molecule has 0 aliphatic heterocycles. The maximum absolute atomic E-state index is 5.93. The van der Waals surface area contributed by atoms with Crippen LogP contribution in [-0.4, -0.2) is 14.5 Å². The number of hydrogen-bond donors (Lipinski definition) is 0. The van der Waals surface area contributed by atoms with Gasteiger partial charge in [-0.05, 0) is 35.9 Å². The van der Waals surface area contributed by atoms with Gasteiger partial charge in [0.1, 0.15) is 5.82 Å². The van der Waals surface area contributed by atoms with Crippen molar-refractivity contribution in [2.45, 2.75) is 0 Å². The lowest BCUT2D eigenvalue weighted by molar-refractivity contribution is 0.589. The van der Waals surface area contributed by atoms with Gasteiger partial charge in [-0.3, -0.25) is 0 Å². The molecule has 0 saturated heterocycles. The molecule has 4 nitrogen and oxygen atoms in total. The van der Waals surface area contributed by atoms with E-state index in [1.807, 2.05) is 73.8 Å². The molecule has 0 bridgehead atoms. The summed E-state index contributed by atoms with van der Waals surface area (Å²) in [6, 6.07) is 26.3. The third kappa shape index (κ3) is 3.36. The van der Waals surface area contributed by atoms with Crippen LogP contribution in [0.4, 0.5) is 0 Å². The predicted octanol–water partition coefficient (Wildman–Crippen LogP) is 6.07. The molecule has 0 radical (unpaired) electrons. The lowest BCUT2D eigenvalue weighted by Crippen LogP contribution is -1.90. The smallest absolute Gasteiger partial charge is 0.226 e. The monoisotopic (exact) mass is 377 g/mol. The molecular formula is C25H19N3O. The summed E-state index contributed by atoms with van der Waals surface area (Å²) < 4.78 is 8.03. The molecule has 5 aromatic rings. The topological polar surface area (TPSA) is 43.9 Å². The third-order valence-electron chi connectivity index (χ3n) is 4.97. The van der Waals surface area contributed by atoms with E-state index in [9.17, 15) is 0 Å². The Hall–Kier alpha value is -3.92. The molecule has 0 unspecified atom stereocenters. The Morgan fingerprint density at radius 3 is 2.34 bits per heavy atom. The molecule has 29 heavy (non-hydrogen) atoms. The molecule has 0 saturated carbocycles. The molecule has 5 rings (SSSR count). The molecule has 2 heterocycles. The van der Waals surface area contributed by atoms with Crippen molar-refractivity contribution in [2.75, 3.05) is 0 Å². The first-order valence-electron chi connectivity index (χ1n) is 9.49. The second-order valence-electron chi connectivity index (χ2n) is 6.87. The Morgan fingerprint density at radius 1 is 0.793 bits per heavy atom. The molecule has 3 aromatic carbocycles. The Bertz CT molecular complexity index is 1300. The van der Waals surface area contributed by atoms with E-state index in [4.69, 9.17) is 4.42 Å². The molecule has 140 valence electrons. The second-order valence-corrected chi connectivity index (χ2v) is 6.87. The van der Waals surface area contributed by atoms with Gasteiger partial charge in [0.05, 0.1) is 17.2 Å². The highest BCUT2D eigenvalue weighted by molar-refractivity contribution is 5.79. The van der Waals surface area contributed by atoms with Crippen LogP contribution in [-0.2, 0) is 7.05 Å². The van der Waals surface area contributed by atoms with Crippen molar-refractivity contribution in [3.63, 3.8) is 0 Å². The third-order valence-corrected chi connectivity index (χ3v) is 4.97. The zero-order valence-electron chi connectivity index (χ0n) is 16.0. The standard InChI is InChI=1S/C25H19N3O/c1-28-22-10-6-5-9-21(22)27-24(28)16-13-18-11-14-20(15-12-18)25-26-17-23(29-25)19-7-3-2-4-8-19/h2-17H,1H3. The van der Waals surface area contributed by atoms with E-state index in [-0.39, 0.29) is 0 Å². The van der Waals surface area contributed by atoms with Crippen molar-refractivity contribution in [2.24, 2.45) is 7.05 Å². The maximum Gasteiger partial charge on any atom is 0.226 e. The highest BCUT2D eigenvalue weighted by Gasteiger charge is 2.08. The van der Waals surface area contributed by atoms with Crippen molar-refractivity contribution >= 4 is 23.2 Å². The van der Waals surface area contributed by atoms with Crippen LogP contribution in [0.2, 0.25) is 0 Å². The summed E-state index contributed by atoms with van der Waals surface area (Å²) in [4.78, 5) is 9.10. The summed E-state index contributed by atoms with van der Waals surface area (Å²) >= 11 is 0. The van der Waals surface area contributed by atoms with E-state index >= 15 is 0 Å². The Kier molecular flexibility index (Phi) is 4.30. The van der Waals surface area contributed by atoms with E-state index < -0.39 is 0 Å². The molecule has 4 heteroatoms. The molecule has 2 aromatic heterocycles. The number of para-hydroxylation sites is 2. The fourth-order valence-corrected chi connectivity index (χ4v) is 3.36. The van der Waals surface area contributed by atoms with E-state index in [2.05, 4.69) is 38.8 Å². The minimum absolute atomic E-state index is 0.620. The lowest BCUT2D eigenvalue weighted by Gasteiger charge is -1.99. The Morgan fingerprint density at radius 2 is 1.55 bits per heavy atom. The molecule has 0 N–H and O–H groups in total. The first-order valence-corrected chi connectivity index (χ1v) is 9.49. The summed E-state index contributed by atoms with van der Waals surface area (Å²) in [5, 5.41) is 0. The highest BCUT2D eigenvalue weighted by atomic mass is 16.4. The van der Waals surface area contributed by atoms with Crippen molar-refractivity contribution in [3.05, 3.63) is 96.4 Å². The number of aryl methyl sites for hydroxylation is 1. The lowest BCUT2D eigenvalue weighted by atomic mass is 10.1. The van der Waals surface area contributed by atoms with Crippen LogP contribution in [0.15, 0.2) is 89.5 Å². The van der Waals surface area contributed by atoms with Gasteiger partial charge in [-0.15, -0.1) is 0 Å². The van der Waals surface area contributed by atoms with Crippen molar-refractivity contribution in [1.29, 1.82) is 0 Å². The number of oxazole rings is 1. The van der Waals surface area contributed by atoms with Crippen LogP contribution >= 0.6 is 0 Å². The van der Waals surface area contributed by atoms with Gasteiger partial charge in [-0.2, -0.15) is 0 Å². The van der Waals surface area contributed by atoms with E-state index in [0.29, 0.717) is 5.89 Å². The second kappa shape index (κ2) is 7.24. The quantitative estimate of drug-likeness (QED) is 0.382. The van der Waals surface area contributed by atoms with Gasteiger partial charge in [0.2, 0.25) is 5.89 Å². The SMILES string of the molecule is Cn1c(C=Cc2ccc(-c3ncc(-c4ccccc4)o3)cc2)nc2ccccc21. The molecule has 0 atom stereocenters. The predicted molar refractivity (Wildman–Crippen MR) is 117 cm³/mol. The van der Waals surface area contributed by atoms with E-state index in [1.54, 1.807) is 6.20 Å². The molecule has 0 fully saturated rings. The minimum Gasteiger partial charge on any atom is -0.436 e. The summed E-state index contributed by atoms with van der Waals surface area (Å²) in [5.74, 6) is 2.32. The van der Waals surface area contributed by atoms with Crippen molar-refractivity contribution < 1.29 is 4.42 Å². The van der Waals surface area contributed by atoms with Crippen LogP contribution in [0, 0.1) is 0 Å². The largest absolute Gasteiger partial charge is 0.436 e. The van der Waals surface area contributed by atoms with E-state index in [0.717, 1.165) is 39.3 Å². The normalized spacial score (nSPS) is 11.5. The van der Waals surface area contributed by atoms with Crippen LogP contribution < -0.4 is 0 Å². The van der Waals surface area contributed by atoms with Gasteiger partial charge in [0.25, 0.3) is 0 Å². The van der Waals surface area contributed by atoms with Crippen LogP contribution in [0.3, 0.4) is 0 Å². The maximum atomic E-state index is 5.93. The first kappa shape index (κ1) is 17.2. The number of aromatic nitrogens is 3. The van der Waals surface area contributed by atoms with Gasteiger partial charge in [0, 0.05) is 18.2 Å². The van der Waals surface area contributed by atoms with Gasteiger partial charge >= 0.3 is 0 Å². The number of hydrogen-bond acceptors (Lipinski definition) is 3. The molecule has 0 aliphatic rings. The van der Waals surface area contributed by atoms with E-state index in [1.165, 1.54) is 0 Å². The van der Waals surface area contributed by atoms with Crippen molar-refractivity contribution in [3.8, 4) is 22.8 Å².